The first-order valence-electron chi connectivity index (χ1n) is 16.0. The molecule has 0 saturated heterocycles. The van der Waals surface area contributed by atoms with Gasteiger partial charge in [0.2, 0.25) is 11.8 Å². The molecule has 1 atom stereocenters. The molecule has 11 heteroatoms. The van der Waals surface area contributed by atoms with Crippen LogP contribution in [0.3, 0.4) is 0 Å². The highest BCUT2D eigenvalue weighted by atomic mass is 16.5. The van der Waals surface area contributed by atoms with E-state index < -0.39 is 12.2 Å². The van der Waals surface area contributed by atoms with Crippen molar-refractivity contribution in [1.29, 1.82) is 0 Å². The minimum absolute atomic E-state index is 0.0279. The molecule has 238 valence electrons. The molecule has 11 nitrogen and oxygen atoms in total. The van der Waals surface area contributed by atoms with E-state index in [0.717, 1.165) is 77.0 Å². The maximum atomic E-state index is 12.4. The Bertz CT molecular complexity index is 741. The molecular formula is C30H57N5O6. The third-order valence-electron chi connectivity index (χ3n) is 8.53. The summed E-state index contributed by atoms with van der Waals surface area (Å²) in [6.45, 7) is 4.01. The number of hydrogen-bond donors (Lipinski definition) is 5. The maximum Gasteiger partial charge on any atom is 0.407 e. The van der Waals surface area contributed by atoms with E-state index in [4.69, 9.17) is 20.9 Å². The smallest absolute Gasteiger partial charge is 0.407 e. The third-order valence-corrected chi connectivity index (χ3v) is 8.53. The number of hydrogen-bond acceptors (Lipinski definition) is 8. The minimum Gasteiger partial charge on any atom is -0.448 e. The molecule has 0 aromatic heterocycles. The Balaban J connectivity index is 1.57. The fraction of sp³-hybridized carbons (Fsp3) is 0.900. The summed E-state index contributed by atoms with van der Waals surface area (Å²) >= 11 is 0. The molecule has 2 aliphatic carbocycles. The standard InChI is InChI=1S/C30H57N5O6/c1-23(40-20-5-16-32)29(38)33-26-11-7-24(8-12-26)22-25-9-13-27(14-10-25)34-30(39)41-21-18-35(17-19-36)28(37)6-3-2-4-15-31/h23-27,36H,2-22,31-32H2,1H3,(H,33,38)(H,34,39). The van der Waals surface area contributed by atoms with Crippen molar-refractivity contribution in [2.75, 3.05) is 46.0 Å². The first-order chi connectivity index (χ1) is 19.9. The molecule has 0 aromatic rings. The van der Waals surface area contributed by atoms with Gasteiger partial charge in [-0.3, -0.25) is 9.59 Å². The van der Waals surface area contributed by atoms with Crippen molar-refractivity contribution >= 4 is 17.9 Å². The quantitative estimate of drug-likeness (QED) is 0.144. The molecule has 0 radical (unpaired) electrons. The van der Waals surface area contributed by atoms with E-state index in [1.165, 1.54) is 6.42 Å². The third kappa shape index (κ3) is 14.7. The maximum absolute atomic E-state index is 12.4. The van der Waals surface area contributed by atoms with Crippen LogP contribution in [0.5, 0.6) is 0 Å². The zero-order valence-electron chi connectivity index (χ0n) is 25.3. The first-order valence-corrected chi connectivity index (χ1v) is 16.0. The Labute approximate surface area is 246 Å². The molecule has 2 fully saturated rings. The molecule has 3 amide bonds. The summed E-state index contributed by atoms with van der Waals surface area (Å²) < 4.78 is 10.9. The normalized spacial score (nSPS) is 23.4. The summed E-state index contributed by atoms with van der Waals surface area (Å²) in [6.07, 6.45) is 12.5. The summed E-state index contributed by atoms with van der Waals surface area (Å²) in [6, 6.07) is 0.358. The largest absolute Gasteiger partial charge is 0.448 e. The molecule has 7 N–H and O–H groups in total. The van der Waals surface area contributed by atoms with Crippen LogP contribution in [-0.2, 0) is 19.1 Å². The van der Waals surface area contributed by atoms with Crippen molar-refractivity contribution in [1.82, 2.24) is 15.5 Å². The van der Waals surface area contributed by atoms with Crippen molar-refractivity contribution in [2.45, 2.75) is 115 Å². The van der Waals surface area contributed by atoms with Gasteiger partial charge >= 0.3 is 6.09 Å². The van der Waals surface area contributed by atoms with Gasteiger partial charge in [0.15, 0.2) is 0 Å². The number of nitrogens with one attached hydrogen (secondary N) is 2. The zero-order chi connectivity index (χ0) is 29.9. The molecule has 0 spiro atoms. The van der Waals surface area contributed by atoms with Gasteiger partial charge in [0, 0.05) is 31.7 Å². The number of ether oxygens (including phenoxy) is 2. The minimum atomic E-state index is -0.438. The van der Waals surface area contributed by atoms with E-state index in [9.17, 15) is 19.5 Å². The van der Waals surface area contributed by atoms with E-state index in [2.05, 4.69) is 10.6 Å². The van der Waals surface area contributed by atoms with E-state index in [1.807, 2.05) is 0 Å². The number of unbranched alkanes of at least 4 members (excludes halogenated alkanes) is 2. The molecule has 1 unspecified atom stereocenters. The number of alkyl carbamates (subject to hydrolysis) is 1. The van der Waals surface area contributed by atoms with Crippen LogP contribution in [-0.4, -0.2) is 92.1 Å². The lowest BCUT2D eigenvalue weighted by Gasteiger charge is -2.34. The number of carbonyl (C=O) groups is 3. The summed E-state index contributed by atoms with van der Waals surface area (Å²) in [5, 5.41) is 15.4. The number of nitrogens with zero attached hydrogens (tertiary/aromatic N) is 1. The van der Waals surface area contributed by atoms with Gasteiger partial charge in [-0.05, 0) is 109 Å². The highest BCUT2D eigenvalue weighted by Gasteiger charge is 2.29. The Morgan fingerprint density at radius 2 is 1.44 bits per heavy atom. The lowest BCUT2D eigenvalue weighted by molar-refractivity contribution is -0.133. The molecule has 0 heterocycles. The summed E-state index contributed by atoms with van der Waals surface area (Å²) in [7, 11) is 0. The average Bonchev–Trinajstić information content (AvgIpc) is 2.97. The van der Waals surface area contributed by atoms with Gasteiger partial charge in [-0.15, -0.1) is 0 Å². The van der Waals surface area contributed by atoms with E-state index in [0.29, 0.717) is 38.0 Å². The van der Waals surface area contributed by atoms with E-state index >= 15 is 0 Å². The highest BCUT2D eigenvalue weighted by molar-refractivity contribution is 5.80. The van der Waals surface area contributed by atoms with Crippen molar-refractivity contribution in [3.63, 3.8) is 0 Å². The fourth-order valence-corrected chi connectivity index (χ4v) is 5.99. The first kappa shape index (κ1) is 35.2. The van der Waals surface area contributed by atoms with Gasteiger partial charge in [0.25, 0.3) is 0 Å². The number of nitrogens with two attached hydrogens (primary N) is 2. The molecule has 41 heavy (non-hydrogen) atoms. The SMILES string of the molecule is CC(OCCCN)C(=O)NC1CCC(CC2CCC(NC(=O)OCCN(CCO)C(=O)CCCCCN)CC2)CC1. The van der Waals surface area contributed by atoms with Gasteiger partial charge in [-0.2, -0.15) is 0 Å². The van der Waals surface area contributed by atoms with Crippen LogP contribution in [0.4, 0.5) is 4.79 Å². The Morgan fingerprint density at radius 3 is 2.02 bits per heavy atom. The number of carbonyl (C=O) groups excluding carboxylic acids is 3. The summed E-state index contributed by atoms with van der Waals surface area (Å²) in [4.78, 5) is 38.7. The molecule has 2 rings (SSSR count). The van der Waals surface area contributed by atoms with Gasteiger partial charge in [-0.25, -0.2) is 4.79 Å². The Morgan fingerprint density at radius 1 is 0.829 bits per heavy atom. The van der Waals surface area contributed by atoms with Crippen LogP contribution >= 0.6 is 0 Å². The van der Waals surface area contributed by atoms with Crippen LogP contribution in [0, 0.1) is 11.8 Å². The lowest BCUT2D eigenvalue weighted by Crippen LogP contribution is -2.43. The highest BCUT2D eigenvalue weighted by Crippen LogP contribution is 2.35. The molecule has 0 aromatic carbocycles. The Hall–Kier alpha value is -1.95. The lowest BCUT2D eigenvalue weighted by atomic mass is 9.75. The molecular weight excluding hydrogens is 526 g/mol. The molecule has 2 saturated carbocycles. The number of aliphatic hydroxyl groups is 1. The number of aliphatic hydroxyl groups excluding tert-OH is 1. The van der Waals surface area contributed by atoms with Crippen LogP contribution in [0.25, 0.3) is 0 Å². The molecule has 0 bridgehead atoms. The predicted octanol–water partition coefficient (Wildman–Crippen LogP) is 2.43. The van der Waals surface area contributed by atoms with Crippen LogP contribution in [0.2, 0.25) is 0 Å². The van der Waals surface area contributed by atoms with Crippen molar-refractivity contribution in [2.24, 2.45) is 23.3 Å². The predicted molar refractivity (Wildman–Crippen MR) is 159 cm³/mol. The van der Waals surface area contributed by atoms with E-state index in [-0.39, 0.29) is 50.2 Å². The van der Waals surface area contributed by atoms with Gasteiger partial charge in [0.1, 0.15) is 12.7 Å². The van der Waals surface area contributed by atoms with Crippen molar-refractivity contribution in [3.8, 4) is 0 Å². The van der Waals surface area contributed by atoms with E-state index in [1.54, 1.807) is 11.8 Å². The summed E-state index contributed by atoms with van der Waals surface area (Å²) in [5.41, 5.74) is 11.0. The van der Waals surface area contributed by atoms with Crippen molar-refractivity contribution in [3.05, 3.63) is 0 Å². The second kappa shape index (κ2) is 20.9. The molecule has 2 aliphatic rings. The van der Waals surface area contributed by atoms with Gasteiger partial charge in [-0.1, -0.05) is 6.42 Å². The summed E-state index contributed by atoms with van der Waals surface area (Å²) in [5.74, 6) is 1.32. The number of amides is 3. The monoisotopic (exact) mass is 583 g/mol. The Kier molecular flexibility index (Phi) is 17.9. The fourth-order valence-electron chi connectivity index (χ4n) is 5.99. The van der Waals surface area contributed by atoms with Gasteiger partial charge in [0.05, 0.1) is 13.2 Å². The second-order valence-electron chi connectivity index (χ2n) is 11.8. The van der Waals surface area contributed by atoms with Crippen LogP contribution in [0.1, 0.15) is 96.8 Å². The van der Waals surface area contributed by atoms with Crippen molar-refractivity contribution < 1.29 is 29.0 Å². The zero-order valence-corrected chi connectivity index (χ0v) is 25.3. The van der Waals surface area contributed by atoms with Gasteiger partial charge < -0.3 is 41.6 Å². The van der Waals surface area contributed by atoms with Crippen LogP contribution < -0.4 is 22.1 Å². The number of rotatable bonds is 19. The second-order valence-corrected chi connectivity index (χ2v) is 11.8. The van der Waals surface area contributed by atoms with Crippen LogP contribution in [0.15, 0.2) is 0 Å². The average molecular weight is 584 g/mol. The topological polar surface area (TPSA) is 169 Å². The molecule has 0 aliphatic heterocycles.